The summed E-state index contributed by atoms with van der Waals surface area (Å²) < 4.78 is 21.4. The molecule has 4 heteroatoms. The molecule has 224 valence electrons. The summed E-state index contributed by atoms with van der Waals surface area (Å²) in [6, 6.07) is 26.9. The lowest BCUT2D eigenvalue weighted by atomic mass is 10.1. The fourth-order valence-electron chi connectivity index (χ4n) is 5.17. The molecule has 8 aromatic rings. The number of rotatable bonds is 0. The third kappa shape index (κ3) is 6.81. The van der Waals surface area contributed by atoms with Crippen molar-refractivity contribution in [2.24, 2.45) is 0 Å². The van der Waals surface area contributed by atoms with Crippen LogP contribution in [-0.2, 0) is 0 Å². The molecule has 0 aliphatic carbocycles. The molecule has 0 atom stereocenters. The van der Waals surface area contributed by atoms with Gasteiger partial charge >= 0.3 is 0 Å². The smallest absolute Gasteiger partial charge is 0.137 e. The van der Waals surface area contributed by atoms with Gasteiger partial charge in [0.25, 0.3) is 0 Å². The van der Waals surface area contributed by atoms with Gasteiger partial charge in [-0.15, -0.1) is 0 Å². The molecule has 4 heterocycles. The minimum atomic E-state index is 0.980. The lowest BCUT2D eigenvalue weighted by Gasteiger charge is -1.97. The molecule has 0 radical (unpaired) electrons. The van der Waals surface area contributed by atoms with E-state index >= 15 is 0 Å². The van der Waals surface area contributed by atoms with Gasteiger partial charge in [-0.05, 0) is 137 Å². The van der Waals surface area contributed by atoms with Crippen LogP contribution in [0, 0.1) is 55.4 Å². The molecule has 0 N–H and O–H groups in total. The Morgan fingerprint density at radius 1 is 0.432 bits per heavy atom. The molecule has 0 spiro atoms. The molecule has 8 rings (SSSR count). The minimum Gasteiger partial charge on any atom is -0.464 e. The quantitative estimate of drug-likeness (QED) is 0.178. The average molecular weight is 585 g/mol. The Morgan fingerprint density at radius 3 is 1.93 bits per heavy atom. The topological polar surface area (TPSA) is 52.6 Å². The normalized spacial score (nSPS) is 10.7. The highest BCUT2D eigenvalue weighted by Gasteiger charge is 2.03. The summed E-state index contributed by atoms with van der Waals surface area (Å²) in [6.45, 7) is 16.6. The fraction of sp³-hybridized carbons (Fsp3) is 0.200. The van der Waals surface area contributed by atoms with Crippen molar-refractivity contribution in [3.63, 3.8) is 0 Å². The molecule has 0 aliphatic rings. The van der Waals surface area contributed by atoms with Gasteiger partial charge < -0.3 is 17.7 Å². The zero-order valence-electron chi connectivity index (χ0n) is 26.9. The summed E-state index contributed by atoms with van der Waals surface area (Å²) >= 11 is 0. The van der Waals surface area contributed by atoms with Crippen LogP contribution in [0.1, 0.15) is 44.7 Å². The molecule has 0 unspecified atom stereocenters. The van der Waals surface area contributed by atoms with E-state index < -0.39 is 0 Å². The van der Waals surface area contributed by atoms with Gasteiger partial charge in [-0.3, -0.25) is 0 Å². The number of fused-ring (bicyclic) bond motifs is 4. The predicted octanol–water partition coefficient (Wildman–Crippen LogP) is 12.2. The van der Waals surface area contributed by atoms with Gasteiger partial charge in [0.1, 0.15) is 28.1 Å². The number of benzene rings is 4. The zero-order chi connectivity index (χ0) is 31.4. The van der Waals surface area contributed by atoms with E-state index in [1.807, 2.05) is 31.2 Å². The molecule has 4 nitrogen and oxygen atoms in total. The van der Waals surface area contributed by atoms with Crippen molar-refractivity contribution in [1.82, 2.24) is 0 Å². The first-order chi connectivity index (χ1) is 21.1. The van der Waals surface area contributed by atoms with Crippen LogP contribution in [0.15, 0.2) is 115 Å². The minimum absolute atomic E-state index is 0.980. The second kappa shape index (κ2) is 13.1. The SMILES string of the molecule is Cc1cc2c(C)cccc2o1.Cc1cc2ccoc2cc1C.Cc1ccc(C)c2occc12.Cc1ccc2c(C)coc2c1. The maximum Gasteiger partial charge on any atom is 0.137 e. The van der Waals surface area contributed by atoms with Gasteiger partial charge in [0.05, 0.1) is 18.8 Å². The van der Waals surface area contributed by atoms with Gasteiger partial charge in [0.2, 0.25) is 0 Å². The number of hydrogen-bond acceptors (Lipinski definition) is 4. The van der Waals surface area contributed by atoms with Crippen molar-refractivity contribution in [2.45, 2.75) is 55.4 Å². The molecule has 0 bridgehead atoms. The molecule has 4 aromatic heterocycles. The molecule has 0 aliphatic heterocycles. The third-order valence-corrected chi connectivity index (χ3v) is 7.93. The summed E-state index contributed by atoms with van der Waals surface area (Å²) in [5, 5.41) is 4.86. The molecular weight excluding hydrogens is 544 g/mol. The van der Waals surface area contributed by atoms with E-state index in [0.717, 1.165) is 28.1 Å². The number of aryl methyl sites for hydroxylation is 8. The van der Waals surface area contributed by atoms with E-state index in [-0.39, 0.29) is 0 Å². The second-order valence-electron chi connectivity index (χ2n) is 11.5. The van der Waals surface area contributed by atoms with Crippen molar-refractivity contribution in [1.29, 1.82) is 0 Å². The van der Waals surface area contributed by atoms with Crippen molar-refractivity contribution >= 4 is 43.9 Å². The maximum absolute atomic E-state index is 5.45. The van der Waals surface area contributed by atoms with Crippen LogP contribution < -0.4 is 0 Å². The number of hydrogen-bond donors (Lipinski definition) is 0. The van der Waals surface area contributed by atoms with Crippen LogP contribution in [0.25, 0.3) is 43.9 Å². The van der Waals surface area contributed by atoms with E-state index in [4.69, 9.17) is 17.7 Å². The van der Waals surface area contributed by atoms with Crippen molar-refractivity contribution in [2.75, 3.05) is 0 Å². The lowest BCUT2D eigenvalue weighted by molar-refractivity contribution is 0.578. The van der Waals surface area contributed by atoms with E-state index in [1.165, 1.54) is 60.5 Å². The summed E-state index contributed by atoms with van der Waals surface area (Å²) in [5.74, 6) is 0.981. The number of furan rings is 4. The highest BCUT2D eigenvalue weighted by atomic mass is 16.3. The van der Waals surface area contributed by atoms with Gasteiger partial charge in [-0.2, -0.15) is 0 Å². The van der Waals surface area contributed by atoms with Crippen LogP contribution in [-0.4, -0.2) is 0 Å². The summed E-state index contributed by atoms with van der Waals surface area (Å²) in [6.07, 6.45) is 5.26. The summed E-state index contributed by atoms with van der Waals surface area (Å²) in [5.41, 5.74) is 12.8. The molecule has 0 saturated carbocycles. The van der Waals surface area contributed by atoms with Gasteiger partial charge in [-0.1, -0.05) is 36.4 Å². The van der Waals surface area contributed by atoms with Crippen LogP contribution in [0.5, 0.6) is 0 Å². The average Bonchev–Trinajstić information content (AvgIpc) is 3.80. The molecule has 0 fully saturated rings. The van der Waals surface area contributed by atoms with E-state index in [1.54, 1.807) is 18.8 Å². The van der Waals surface area contributed by atoms with E-state index in [9.17, 15) is 0 Å². The fourth-order valence-corrected chi connectivity index (χ4v) is 5.17. The Hall–Kier alpha value is -4.96. The molecular formula is C40H40O4. The van der Waals surface area contributed by atoms with Gasteiger partial charge in [0.15, 0.2) is 0 Å². The lowest BCUT2D eigenvalue weighted by Crippen LogP contribution is -1.77. The Bertz CT molecular complexity index is 2090. The van der Waals surface area contributed by atoms with Crippen molar-refractivity contribution < 1.29 is 17.7 Å². The van der Waals surface area contributed by atoms with Gasteiger partial charge in [0, 0.05) is 21.5 Å². The van der Waals surface area contributed by atoms with Crippen LogP contribution in [0.2, 0.25) is 0 Å². The standard InChI is InChI=1S/4C10H10O/c1-7-5-9-3-4-11-10(9)6-8(7)2;1-7-3-4-9-8(2)6-11-10(9)5-7;1-7-3-4-8(2)10-9(7)5-6-11-10;1-7-4-3-5-10-9(7)6-8(2)11-10/h4*3-6H,1-2H3. The van der Waals surface area contributed by atoms with Crippen molar-refractivity contribution in [3.8, 4) is 0 Å². The first kappa shape index (κ1) is 30.5. The molecule has 4 aromatic carbocycles. The van der Waals surface area contributed by atoms with Crippen LogP contribution in [0.3, 0.4) is 0 Å². The third-order valence-electron chi connectivity index (χ3n) is 7.93. The Kier molecular flexibility index (Phi) is 9.10. The zero-order valence-corrected chi connectivity index (χ0v) is 26.9. The highest BCUT2D eigenvalue weighted by molar-refractivity contribution is 5.84. The largest absolute Gasteiger partial charge is 0.464 e. The highest BCUT2D eigenvalue weighted by Crippen LogP contribution is 2.24. The Morgan fingerprint density at radius 2 is 1.16 bits per heavy atom. The Labute approximate surface area is 258 Å². The van der Waals surface area contributed by atoms with E-state index in [0.29, 0.717) is 0 Å². The molecule has 0 amide bonds. The Balaban J connectivity index is 0.000000116. The summed E-state index contributed by atoms with van der Waals surface area (Å²) in [7, 11) is 0. The maximum atomic E-state index is 5.45. The first-order valence-electron chi connectivity index (χ1n) is 14.9. The summed E-state index contributed by atoms with van der Waals surface area (Å²) in [4.78, 5) is 0. The second-order valence-corrected chi connectivity index (χ2v) is 11.5. The first-order valence-corrected chi connectivity index (χ1v) is 14.9. The molecule has 0 saturated heterocycles. The monoisotopic (exact) mass is 584 g/mol. The molecule has 44 heavy (non-hydrogen) atoms. The van der Waals surface area contributed by atoms with Crippen LogP contribution in [0.4, 0.5) is 0 Å². The van der Waals surface area contributed by atoms with Crippen LogP contribution >= 0.6 is 0 Å². The van der Waals surface area contributed by atoms with Gasteiger partial charge in [-0.25, -0.2) is 0 Å². The van der Waals surface area contributed by atoms with Crippen molar-refractivity contribution in [3.05, 3.63) is 142 Å². The predicted molar refractivity (Wildman–Crippen MR) is 183 cm³/mol. The van der Waals surface area contributed by atoms with E-state index in [2.05, 4.69) is 103 Å².